The molecule has 1 aliphatic rings. The van der Waals surface area contributed by atoms with Gasteiger partial charge in [0.1, 0.15) is 12.2 Å². The zero-order valence-corrected chi connectivity index (χ0v) is 10.4. The molecule has 6 heteroatoms. The Morgan fingerprint density at radius 1 is 1.59 bits per heavy atom. The highest BCUT2D eigenvalue weighted by Gasteiger charge is 2.39. The normalized spacial score (nSPS) is 21.4. The van der Waals surface area contributed by atoms with Gasteiger partial charge in [-0.3, -0.25) is 4.68 Å². The first-order valence-corrected chi connectivity index (χ1v) is 5.89. The van der Waals surface area contributed by atoms with Gasteiger partial charge in [0.2, 0.25) is 0 Å². The number of methoxy groups -OCH3 is 1. The summed E-state index contributed by atoms with van der Waals surface area (Å²) in [5, 5.41) is 4.05. The molecule has 2 N–H and O–H groups in total. The second kappa shape index (κ2) is 5.12. The van der Waals surface area contributed by atoms with Crippen LogP contribution in [-0.2, 0) is 22.9 Å². The Morgan fingerprint density at radius 3 is 2.82 bits per heavy atom. The van der Waals surface area contributed by atoms with E-state index in [-0.39, 0.29) is 11.6 Å². The molecule has 0 radical (unpaired) electrons. The molecule has 0 saturated carbocycles. The van der Waals surface area contributed by atoms with E-state index in [0.717, 1.165) is 18.7 Å². The Balaban J connectivity index is 2.07. The molecule has 2 rings (SSSR count). The van der Waals surface area contributed by atoms with Crippen molar-refractivity contribution in [2.45, 2.75) is 30.9 Å². The van der Waals surface area contributed by atoms with Crippen LogP contribution in [0, 0.1) is 0 Å². The molecule has 0 amide bonds. The molecule has 1 aliphatic heterocycles. The largest absolute Gasteiger partial charge is 0.381 e. The first-order chi connectivity index (χ1) is 8.18. The quantitative estimate of drug-likeness (QED) is 0.794. The number of rotatable bonds is 4. The maximum absolute atomic E-state index is 6.29. The molecule has 6 nitrogen and oxygen atoms in total. The third-order valence-electron chi connectivity index (χ3n) is 3.63. The number of hydrogen-bond donors (Lipinski definition) is 1. The Labute approximate surface area is 101 Å². The zero-order valence-electron chi connectivity index (χ0n) is 10.4. The summed E-state index contributed by atoms with van der Waals surface area (Å²) in [7, 11) is 3.60. The lowest BCUT2D eigenvalue weighted by Gasteiger charge is -2.40. The Morgan fingerprint density at radius 2 is 2.29 bits per heavy atom. The minimum Gasteiger partial charge on any atom is -0.381 e. The maximum atomic E-state index is 6.29. The van der Waals surface area contributed by atoms with E-state index >= 15 is 0 Å². The number of aromatic nitrogens is 3. The molecule has 1 aromatic heterocycles. The van der Waals surface area contributed by atoms with Crippen LogP contribution in [0.5, 0.6) is 0 Å². The standard InChI is InChI=1S/C11H20N4O2/c1-15-10(13-8-14-15)7-9(12)11(16-2)3-5-17-6-4-11/h8-9H,3-7,12H2,1-2H3. The van der Waals surface area contributed by atoms with E-state index < -0.39 is 0 Å². The summed E-state index contributed by atoms with van der Waals surface area (Å²) in [6, 6.07) is -0.0840. The van der Waals surface area contributed by atoms with Gasteiger partial charge >= 0.3 is 0 Å². The van der Waals surface area contributed by atoms with Crippen molar-refractivity contribution < 1.29 is 9.47 Å². The number of nitrogens with zero attached hydrogens (tertiary/aromatic N) is 3. The van der Waals surface area contributed by atoms with Gasteiger partial charge in [0.15, 0.2) is 0 Å². The lowest BCUT2D eigenvalue weighted by atomic mass is 9.84. The van der Waals surface area contributed by atoms with Crippen molar-refractivity contribution in [2.24, 2.45) is 12.8 Å². The van der Waals surface area contributed by atoms with Crippen LogP contribution < -0.4 is 5.73 Å². The minimum absolute atomic E-state index is 0.0840. The predicted octanol–water partition coefficient (Wildman–Crippen LogP) is -0.119. The molecule has 0 bridgehead atoms. The van der Waals surface area contributed by atoms with E-state index in [1.165, 1.54) is 0 Å². The summed E-state index contributed by atoms with van der Waals surface area (Å²) < 4.78 is 12.8. The van der Waals surface area contributed by atoms with Crippen LogP contribution in [0.15, 0.2) is 6.33 Å². The number of ether oxygens (including phenoxy) is 2. The highest BCUT2D eigenvalue weighted by Crippen LogP contribution is 2.28. The van der Waals surface area contributed by atoms with E-state index in [9.17, 15) is 0 Å². The molecule has 0 aromatic carbocycles. The van der Waals surface area contributed by atoms with Gasteiger partial charge in [0, 0.05) is 52.7 Å². The molecule has 17 heavy (non-hydrogen) atoms. The highest BCUT2D eigenvalue weighted by molar-refractivity contribution is 4.99. The average molecular weight is 240 g/mol. The molecule has 1 fully saturated rings. The predicted molar refractivity (Wildman–Crippen MR) is 62.5 cm³/mol. The average Bonchev–Trinajstić information content (AvgIpc) is 2.76. The fourth-order valence-corrected chi connectivity index (χ4v) is 2.33. The third kappa shape index (κ3) is 2.48. The van der Waals surface area contributed by atoms with Crippen molar-refractivity contribution in [3.8, 4) is 0 Å². The highest BCUT2D eigenvalue weighted by atomic mass is 16.5. The fraction of sp³-hybridized carbons (Fsp3) is 0.818. The Hall–Kier alpha value is -0.980. The van der Waals surface area contributed by atoms with Gasteiger partial charge in [0.05, 0.1) is 5.60 Å². The van der Waals surface area contributed by atoms with Gasteiger partial charge < -0.3 is 15.2 Å². The maximum Gasteiger partial charge on any atom is 0.138 e. The molecule has 0 aliphatic carbocycles. The van der Waals surface area contributed by atoms with Crippen LogP contribution in [0.4, 0.5) is 0 Å². The summed E-state index contributed by atoms with van der Waals surface area (Å²) in [5.74, 6) is 0.889. The van der Waals surface area contributed by atoms with Crippen molar-refractivity contribution in [1.82, 2.24) is 14.8 Å². The summed E-state index contributed by atoms with van der Waals surface area (Å²) >= 11 is 0. The molecular formula is C11H20N4O2. The topological polar surface area (TPSA) is 75.2 Å². The van der Waals surface area contributed by atoms with E-state index in [1.807, 2.05) is 7.05 Å². The van der Waals surface area contributed by atoms with Gasteiger partial charge in [-0.15, -0.1) is 0 Å². The Bertz CT molecular complexity index is 360. The van der Waals surface area contributed by atoms with E-state index in [0.29, 0.717) is 19.6 Å². The molecule has 1 unspecified atom stereocenters. The van der Waals surface area contributed by atoms with Crippen molar-refractivity contribution in [3.05, 3.63) is 12.2 Å². The van der Waals surface area contributed by atoms with E-state index in [1.54, 1.807) is 18.1 Å². The molecule has 1 aromatic rings. The van der Waals surface area contributed by atoms with Crippen LogP contribution >= 0.6 is 0 Å². The van der Waals surface area contributed by atoms with Gasteiger partial charge in [-0.1, -0.05) is 0 Å². The number of nitrogens with two attached hydrogens (primary N) is 1. The number of hydrogen-bond acceptors (Lipinski definition) is 5. The van der Waals surface area contributed by atoms with Crippen molar-refractivity contribution in [2.75, 3.05) is 20.3 Å². The SMILES string of the molecule is COC1(C(N)Cc2ncnn2C)CCOCC1. The first-order valence-electron chi connectivity index (χ1n) is 5.89. The molecule has 0 spiro atoms. The van der Waals surface area contributed by atoms with Crippen LogP contribution in [0.2, 0.25) is 0 Å². The second-order valence-corrected chi connectivity index (χ2v) is 4.49. The molecular weight excluding hydrogens is 220 g/mol. The second-order valence-electron chi connectivity index (χ2n) is 4.49. The fourth-order valence-electron chi connectivity index (χ4n) is 2.33. The van der Waals surface area contributed by atoms with Crippen LogP contribution in [0.3, 0.4) is 0 Å². The summed E-state index contributed by atoms with van der Waals surface area (Å²) in [6.45, 7) is 1.42. The van der Waals surface area contributed by atoms with E-state index in [4.69, 9.17) is 15.2 Å². The van der Waals surface area contributed by atoms with Crippen molar-refractivity contribution in [3.63, 3.8) is 0 Å². The lowest BCUT2D eigenvalue weighted by molar-refractivity contribution is -0.104. The van der Waals surface area contributed by atoms with Crippen LogP contribution in [0.25, 0.3) is 0 Å². The van der Waals surface area contributed by atoms with Gasteiger partial charge in [0.25, 0.3) is 0 Å². The van der Waals surface area contributed by atoms with Gasteiger partial charge in [-0.2, -0.15) is 5.10 Å². The Kier molecular flexibility index (Phi) is 3.76. The van der Waals surface area contributed by atoms with Gasteiger partial charge in [-0.25, -0.2) is 4.98 Å². The molecule has 1 atom stereocenters. The smallest absolute Gasteiger partial charge is 0.138 e. The first kappa shape index (κ1) is 12.5. The molecule has 96 valence electrons. The molecule has 2 heterocycles. The third-order valence-corrected chi connectivity index (χ3v) is 3.63. The van der Waals surface area contributed by atoms with Gasteiger partial charge in [-0.05, 0) is 0 Å². The summed E-state index contributed by atoms with van der Waals surface area (Å²) in [4.78, 5) is 4.20. The molecule has 1 saturated heterocycles. The van der Waals surface area contributed by atoms with Crippen LogP contribution in [-0.4, -0.2) is 46.7 Å². The summed E-state index contributed by atoms with van der Waals surface area (Å²) in [6.07, 6.45) is 3.89. The zero-order chi connectivity index (χ0) is 12.3. The minimum atomic E-state index is -0.287. The van der Waals surface area contributed by atoms with Crippen molar-refractivity contribution >= 4 is 0 Å². The monoisotopic (exact) mass is 240 g/mol. The van der Waals surface area contributed by atoms with Crippen molar-refractivity contribution in [1.29, 1.82) is 0 Å². The summed E-state index contributed by atoms with van der Waals surface area (Å²) in [5.41, 5.74) is 6.00. The lowest BCUT2D eigenvalue weighted by Crippen LogP contribution is -2.54. The van der Waals surface area contributed by atoms with Crippen LogP contribution in [0.1, 0.15) is 18.7 Å². The number of aryl methyl sites for hydroxylation is 1. The van der Waals surface area contributed by atoms with E-state index in [2.05, 4.69) is 10.1 Å².